The summed E-state index contributed by atoms with van der Waals surface area (Å²) in [7, 11) is 0. The molecule has 0 saturated carbocycles. The molecule has 4 rings (SSSR count). The van der Waals surface area contributed by atoms with Gasteiger partial charge in [-0.15, -0.1) is 11.3 Å². The van der Waals surface area contributed by atoms with Gasteiger partial charge in [-0.1, -0.05) is 60.7 Å². The fraction of sp³-hybridized carbons (Fsp3) is 0.120. The Hall–Kier alpha value is -3.44. The van der Waals surface area contributed by atoms with Crippen molar-refractivity contribution in [1.82, 2.24) is 5.32 Å². The number of carbonyl (C=O) groups excluding carboxylic acids is 2. The molecular weight excluding hydrogens is 394 g/mol. The minimum absolute atomic E-state index is 0.00757. The normalized spacial score (nSPS) is 10.8. The summed E-state index contributed by atoms with van der Waals surface area (Å²) < 4.78 is 5.17. The second-order valence-corrected chi connectivity index (χ2v) is 8.10. The molecule has 0 bridgehead atoms. The number of amides is 1. The van der Waals surface area contributed by atoms with Crippen molar-refractivity contribution in [2.24, 2.45) is 0 Å². The van der Waals surface area contributed by atoms with Crippen molar-refractivity contribution in [2.75, 3.05) is 0 Å². The number of carbonyl (C=O) groups is 2. The lowest BCUT2D eigenvalue weighted by atomic mass is 9.88. The standard InChI is InChI=1S/C25H21NO3S/c27-24(16-21(18-8-3-1-4-9-18)19-10-5-2-6-11-19)26-17-20-13-14-23(30-20)25(28)22-12-7-15-29-22/h1-15,21H,16-17H2,(H,26,27). The Labute approximate surface area is 179 Å². The zero-order valence-electron chi connectivity index (χ0n) is 16.3. The first-order valence-corrected chi connectivity index (χ1v) is 10.6. The molecule has 0 radical (unpaired) electrons. The molecule has 0 atom stereocenters. The predicted octanol–water partition coefficient (Wildman–Crippen LogP) is 5.41. The zero-order chi connectivity index (χ0) is 20.8. The maximum atomic E-state index is 12.7. The van der Waals surface area contributed by atoms with Gasteiger partial charge in [0, 0.05) is 17.2 Å². The maximum Gasteiger partial charge on any atom is 0.238 e. The van der Waals surface area contributed by atoms with Crippen LogP contribution < -0.4 is 5.32 Å². The third-order valence-corrected chi connectivity index (χ3v) is 5.97. The Morgan fingerprint density at radius 2 is 1.50 bits per heavy atom. The van der Waals surface area contributed by atoms with E-state index in [0.29, 0.717) is 23.6 Å². The molecule has 0 saturated heterocycles. The molecule has 4 nitrogen and oxygen atoms in total. The largest absolute Gasteiger partial charge is 0.461 e. The van der Waals surface area contributed by atoms with E-state index in [1.807, 2.05) is 42.5 Å². The van der Waals surface area contributed by atoms with Crippen LogP contribution in [0.25, 0.3) is 0 Å². The van der Waals surface area contributed by atoms with Crippen molar-refractivity contribution in [3.63, 3.8) is 0 Å². The molecule has 0 spiro atoms. The fourth-order valence-electron chi connectivity index (χ4n) is 3.37. The summed E-state index contributed by atoms with van der Waals surface area (Å²) in [6.45, 7) is 0.394. The van der Waals surface area contributed by atoms with Crippen LogP contribution in [-0.2, 0) is 11.3 Å². The van der Waals surface area contributed by atoms with Crippen LogP contribution in [0.1, 0.15) is 43.8 Å². The first kappa shape index (κ1) is 19.9. The van der Waals surface area contributed by atoms with Gasteiger partial charge in [-0.2, -0.15) is 0 Å². The summed E-state index contributed by atoms with van der Waals surface area (Å²) in [5, 5.41) is 2.99. The summed E-state index contributed by atoms with van der Waals surface area (Å²) in [4.78, 5) is 26.6. The molecule has 0 unspecified atom stereocenters. The Kier molecular flexibility index (Phi) is 6.20. The SMILES string of the molecule is O=C(CC(c1ccccc1)c1ccccc1)NCc1ccc(C(=O)c2ccco2)s1. The van der Waals surface area contributed by atoms with Crippen LogP contribution in [0.3, 0.4) is 0 Å². The molecule has 0 aliphatic rings. The lowest BCUT2D eigenvalue weighted by Gasteiger charge is -2.17. The van der Waals surface area contributed by atoms with Crippen LogP contribution in [0, 0.1) is 0 Å². The topological polar surface area (TPSA) is 59.3 Å². The van der Waals surface area contributed by atoms with Gasteiger partial charge in [-0.05, 0) is 35.4 Å². The van der Waals surface area contributed by atoms with Crippen molar-refractivity contribution in [3.8, 4) is 0 Å². The summed E-state index contributed by atoms with van der Waals surface area (Å²) >= 11 is 1.37. The minimum atomic E-state index is -0.143. The van der Waals surface area contributed by atoms with E-state index in [-0.39, 0.29) is 17.6 Å². The number of nitrogens with one attached hydrogen (secondary N) is 1. The van der Waals surface area contributed by atoms with Crippen LogP contribution in [0.15, 0.2) is 95.6 Å². The van der Waals surface area contributed by atoms with E-state index >= 15 is 0 Å². The average molecular weight is 416 g/mol. The number of rotatable bonds is 8. The smallest absolute Gasteiger partial charge is 0.238 e. The Balaban J connectivity index is 1.40. The predicted molar refractivity (Wildman–Crippen MR) is 118 cm³/mol. The van der Waals surface area contributed by atoms with E-state index in [2.05, 4.69) is 29.6 Å². The number of hydrogen-bond acceptors (Lipinski definition) is 4. The van der Waals surface area contributed by atoms with Gasteiger partial charge >= 0.3 is 0 Å². The molecular formula is C25H21NO3S. The van der Waals surface area contributed by atoms with Gasteiger partial charge in [-0.3, -0.25) is 9.59 Å². The Morgan fingerprint density at radius 1 is 0.833 bits per heavy atom. The highest BCUT2D eigenvalue weighted by Gasteiger charge is 2.19. The zero-order valence-corrected chi connectivity index (χ0v) is 17.1. The van der Waals surface area contributed by atoms with E-state index in [1.54, 1.807) is 18.2 Å². The molecule has 0 aliphatic heterocycles. The number of ketones is 1. The maximum absolute atomic E-state index is 12.7. The van der Waals surface area contributed by atoms with Crippen LogP contribution in [0.4, 0.5) is 0 Å². The molecule has 1 amide bonds. The second kappa shape index (κ2) is 9.37. The summed E-state index contributed by atoms with van der Waals surface area (Å²) in [5.41, 5.74) is 2.22. The highest BCUT2D eigenvalue weighted by molar-refractivity contribution is 7.14. The molecule has 2 heterocycles. The molecule has 150 valence electrons. The highest BCUT2D eigenvalue weighted by Crippen LogP contribution is 2.28. The van der Waals surface area contributed by atoms with Gasteiger partial charge in [-0.25, -0.2) is 0 Å². The van der Waals surface area contributed by atoms with E-state index < -0.39 is 0 Å². The van der Waals surface area contributed by atoms with E-state index in [1.165, 1.54) is 17.6 Å². The Bertz CT molecular complexity index is 1060. The fourth-order valence-corrected chi connectivity index (χ4v) is 4.26. The van der Waals surface area contributed by atoms with Gasteiger partial charge < -0.3 is 9.73 Å². The molecule has 30 heavy (non-hydrogen) atoms. The monoisotopic (exact) mass is 415 g/mol. The third kappa shape index (κ3) is 4.75. The minimum Gasteiger partial charge on any atom is -0.461 e. The van der Waals surface area contributed by atoms with Crippen molar-refractivity contribution in [1.29, 1.82) is 0 Å². The lowest BCUT2D eigenvalue weighted by molar-refractivity contribution is -0.121. The van der Waals surface area contributed by atoms with Gasteiger partial charge in [0.2, 0.25) is 11.7 Å². The molecule has 0 fully saturated rings. The van der Waals surface area contributed by atoms with Crippen molar-refractivity contribution in [3.05, 3.63) is 118 Å². The van der Waals surface area contributed by atoms with Gasteiger partial charge in [0.05, 0.1) is 17.7 Å². The number of benzene rings is 2. The van der Waals surface area contributed by atoms with E-state index in [4.69, 9.17) is 4.42 Å². The van der Waals surface area contributed by atoms with Crippen molar-refractivity contribution < 1.29 is 14.0 Å². The number of hydrogen-bond donors (Lipinski definition) is 1. The lowest BCUT2D eigenvalue weighted by Crippen LogP contribution is -2.24. The molecule has 0 aliphatic carbocycles. The van der Waals surface area contributed by atoms with Crippen LogP contribution in [0.2, 0.25) is 0 Å². The molecule has 1 N–H and O–H groups in total. The first-order chi connectivity index (χ1) is 14.7. The van der Waals surface area contributed by atoms with Crippen LogP contribution >= 0.6 is 11.3 Å². The molecule has 4 aromatic rings. The summed E-state index contributed by atoms with van der Waals surface area (Å²) in [6.07, 6.45) is 1.84. The quantitative estimate of drug-likeness (QED) is 0.392. The molecule has 5 heteroatoms. The number of furan rings is 1. The van der Waals surface area contributed by atoms with Gasteiger partial charge in [0.15, 0.2) is 5.76 Å². The van der Waals surface area contributed by atoms with E-state index in [9.17, 15) is 9.59 Å². The first-order valence-electron chi connectivity index (χ1n) is 9.74. The van der Waals surface area contributed by atoms with Crippen molar-refractivity contribution in [2.45, 2.75) is 18.9 Å². The average Bonchev–Trinajstić information content (AvgIpc) is 3.49. The number of thiophene rings is 1. The van der Waals surface area contributed by atoms with Crippen molar-refractivity contribution >= 4 is 23.0 Å². The van der Waals surface area contributed by atoms with Crippen LogP contribution in [0.5, 0.6) is 0 Å². The summed E-state index contributed by atoms with van der Waals surface area (Å²) in [5.74, 6) is 0.142. The van der Waals surface area contributed by atoms with Gasteiger partial charge in [0.1, 0.15) is 0 Å². The van der Waals surface area contributed by atoms with Gasteiger partial charge in [0.25, 0.3) is 0 Å². The van der Waals surface area contributed by atoms with E-state index in [0.717, 1.165) is 16.0 Å². The molecule has 2 aromatic carbocycles. The highest BCUT2D eigenvalue weighted by atomic mass is 32.1. The molecule has 2 aromatic heterocycles. The third-order valence-electron chi connectivity index (χ3n) is 4.88. The second-order valence-electron chi connectivity index (χ2n) is 6.93. The van der Waals surface area contributed by atoms with Crippen LogP contribution in [-0.4, -0.2) is 11.7 Å². The summed E-state index contributed by atoms with van der Waals surface area (Å²) in [6, 6.07) is 27.1. The Morgan fingerprint density at radius 3 is 2.10 bits per heavy atom.